The van der Waals surface area contributed by atoms with Gasteiger partial charge in [-0.05, 0) is 25.0 Å². The Balaban J connectivity index is 1.78. The zero-order valence-corrected chi connectivity index (χ0v) is 12.7. The van der Waals surface area contributed by atoms with E-state index in [4.69, 9.17) is 10.5 Å². The van der Waals surface area contributed by atoms with Gasteiger partial charge in [-0.3, -0.25) is 4.90 Å². The molecule has 1 saturated heterocycles. The summed E-state index contributed by atoms with van der Waals surface area (Å²) in [6.45, 7) is 2.80. The third-order valence-electron chi connectivity index (χ3n) is 4.36. The van der Waals surface area contributed by atoms with Gasteiger partial charge < -0.3 is 10.5 Å². The molecule has 2 unspecified atom stereocenters. The fraction of sp³-hybridized carbons (Fsp3) is 0.600. The summed E-state index contributed by atoms with van der Waals surface area (Å²) < 4.78 is 7.04. The van der Waals surface area contributed by atoms with Crippen LogP contribution in [0.4, 0.5) is 5.69 Å². The largest absolute Gasteiger partial charge is 0.398 e. The molecule has 2 fully saturated rings. The minimum atomic E-state index is 0.436. The number of ether oxygens (including phenoxy) is 1. The summed E-state index contributed by atoms with van der Waals surface area (Å²) >= 11 is 3.62. The average Bonchev–Trinajstić information content (AvgIpc) is 2.43. The van der Waals surface area contributed by atoms with Crippen LogP contribution >= 0.6 is 15.9 Å². The summed E-state index contributed by atoms with van der Waals surface area (Å²) in [6.07, 6.45) is 5.55. The normalized spacial score (nSPS) is 28.1. The number of halogens is 1. The van der Waals surface area contributed by atoms with Gasteiger partial charge in [0.05, 0.1) is 12.7 Å². The van der Waals surface area contributed by atoms with Crippen molar-refractivity contribution in [1.29, 1.82) is 0 Å². The van der Waals surface area contributed by atoms with Crippen LogP contribution in [-0.4, -0.2) is 30.2 Å². The Morgan fingerprint density at radius 3 is 3.00 bits per heavy atom. The van der Waals surface area contributed by atoms with Crippen molar-refractivity contribution in [3.05, 3.63) is 28.2 Å². The number of nitrogen functional groups attached to an aromatic ring is 1. The van der Waals surface area contributed by atoms with Crippen LogP contribution in [0.3, 0.4) is 0 Å². The molecule has 0 bridgehead atoms. The molecular formula is C15H21BrN2O. The quantitative estimate of drug-likeness (QED) is 0.849. The van der Waals surface area contributed by atoms with E-state index in [0.29, 0.717) is 12.1 Å². The van der Waals surface area contributed by atoms with Crippen LogP contribution in [0.25, 0.3) is 0 Å². The van der Waals surface area contributed by atoms with Crippen molar-refractivity contribution < 1.29 is 4.74 Å². The number of fused-ring (bicyclic) bond motifs is 1. The summed E-state index contributed by atoms with van der Waals surface area (Å²) in [5, 5.41) is 0. The molecule has 1 aromatic rings. The summed E-state index contributed by atoms with van der Waals surface area (Å²) in [5.41, 5.74) is 8.22. The molecule has 0 radical (unpaired) electrons. The van der Waals surface area contributed by atoms with E-state index in [1.54, 1.807) is 0 Å². The Kier molecular flexibility index (Phi) is 4.10. The van der Waals surface area contributed by atoms with Gasteiger partial charge in [0.15, 0.2) is 0 Å². The van der Waals surface area contributed by atoms with Crippen molar-refractivity contribution in [1.82, 2.24) is 4.90 Å². The van der Waals surface area contributed by atoms with Gasteiger partial charge in [0.2, 0.25) is 0 Å². The fourth-order valence-electron chi connectivity index (χ4n) is 3.32. The third-order valence-corrected chi connectivity index (χ3v) is 5.11. The van der Waals surface area contributed by atoms with Gasteiger partial charge in [0.25, 0.3) is 0 Å². The number of morpholine rings is 1. The molecule has 1 saturated carbocycles. The zero-order valence-electron chi connectivity index (χ0n) is 11.1. The second-order valence-corrected chi connectivity index (χ2v) is 6.39. The standard InChI is InChI=1S/C15H21BrN2O/c16-12-4-3-5-13(17)11(12)10-18-8-9-19-15-7-2-1-6-14(15)18/h3-5,14-15H,1-2,6-10,17H2. The van der Waals surface area contributed by atoms with E-state index >= 15 is 0 Å². The first-order chi connectivity index (χ1) is 9.25. The lowest BCUT2D eigenvalue weighted by Gasteiger charge is -2.44. The van der Waals surface area contributed by atoms with Gasteiger partial charge in [-0.15, -0.1) is 0 Å². The van der Waals surface area contributed by atoms with Crippen molar-refractivity contribution >= 4 is 21.6 Å². The van der Waals surface area contributed by atoms with Crippen molar-refractivity contribution in [2.75, 3.05) is 18.9 Å². The van der Waals surface area contributed by atoms with E-state index in [2.05, 4.69) is 26.9 Å². The van der Waals surface area contributed by atoms with Crippen LogP contribution in [0, 0.1) is 0 Å². The van der Waals surface area contributed by atoms with Crippen LogP contribution in [0.2, 0.25) is 0 Å². The first-order valence-corrected chi connectivity index (χ1v) is 7.93. The first kappa shape index (κ1) is 13.4. The number of benzene rings is 1. The molecule has 2 atom stereocenters. The van der Waals surface area contributed by atoms with Gasteiger partial charge in [-0.2, -0.15) is 0 Å². The average molecular weight is 325 g/mol. The SMILES string of the molecule is Nc1cccc(Br)c1CN1CCOC2CCCCC21. The smallest absolute Gasteiger partial charge is 0.0731 e. The van der Waals surface area contributed by atoms with Crippen molar-refractivity contribution in [2.45, 2.75) is 44.4 Å². The maximum absolute atomic E-state index is 6.12. The Labute approximate surface area is 123 Å². The van der Waals surface area contributed by atoms with Gasteiger partial charge in [-0.1, -0.05) is 34.8 Å². The fourth-order valence-corrected chi connectivity index (χ4v) is 3.83. The van der Waals surface area contributed by atoms with Crippen LogP contribution in [0.15, 0.2) is 22.7 Å². The van der Waals surface area contributed by atoms with E-state index in [1.165, 1.54) is 31.2 Å². The number of hydrogen-bond acceptors (Lipinski definition) is 3. The van der Waals surface area contributed by atoms with E-state index in [1.807, 2.05) is 12.1 Å². The van der Waals surface area contributed by atoms with Crippen LogP contribution in [0.1, 0.15) is 31.2 Å². The molecule has 4 heteroatoms. The summed E-state index contributed by atoms with van der Waals surface area (Å²) in [6, 6.07) is 6.63. The van der Waals surface area contributed by atoms with E-state index in [9.17, 15) is 0 Å². The highest BCUT2D eigenvalue weighted by atomic mass is 79.9. The molecule has 0 amide bonds. The summed E-state index contributed by atoms with van der Waals surface area (Å²) in [4.78, 5) is 2.56. The highest BCUT2D eigenvalue weighted by Gasteiger charge is 2.34. The number of rotatable bonds is 2. The first-order valence-electron chi connectivity index (χ1n) is 7.14. The van der Waals surface area contributed by atoms with E-state index < -0.39 is 0 Å². The van der Waals surface area contributed by atoms with Crippen LogP contribution in [0.5, 0.6) is 0 Å². The Hall–Kier alpha value is -0.580. The van der Waals surface area contributed by atoms with Crippen molar-refractivity contribution in [2.24, 2.45) is 0 Å². The van der Waals surface area contributed by atoms with Gasteiger partial charge in [0, 0.05) is 34.9 Å². The molecular weight excluding hydrogens is 304 g/mol. The van der Waals surface area contributed by atoms with Gasteiger partial charge in [-0.25, -0.2) is 0 Å². The molecule has 3 nitrogen and oxygen atoms in total. The van der Waals surface area contributed by atoms with E-state index in [0.717, 1.165) is 29.9 Å². The summed E-state index contributed by atoms with van der Waals surface area (Å²) in [5.74, 6) is 0. The highest BCUT2D eigenvalue weighted by molar-refractivity contribution is 9.10. The lowest BCUT2D eigenvalue weighted by atomic mass is 9.90. The Bertz CT molecular complexity index is 430. The molecule has 2 N–H and O–H groups in total. The van der Waals surface area contributed by atoms with Crippen LogP contribution in [-0.2, 0) is 11.3 Å². The predicted octanol–water partition coefficient (Wildman–Crippen LogP) is 3.17. The number of nitrogens with two attached hydrogens (primary N) is 1. The second-order valence-electron chi connectivity index (χ2n) is 5.54. The minimum Gasteiger partial charge on any atom is -0.398 e. The molecule has 1 aliphatic heterocycles. The predicted molar refractivity (Wildman–Crippen MR) is 81.0 cm³/mol. The molecule has 19 heavy (non-hydrogen) atoms. The Morgan fingerprint density at radius 1 is 1.32 bits per heavy atom. The highest BCUT2D eigenvalue weighted by Crippen LogP contribution is 2.31. The monoisotopic (exact) mass is 324 g/mol. The molecule has 1 aliphatic carbocycles. The zero-order chi connectivity index (χ0) is 13.2. The van der Waals surface area contributed by atoms with Crippen LogP contribution < -0.4 is 5.73 Å². The molecule has 0 spiro atoms. The maximum atomic E-state index is 6.12. The number of hydrogen-bond donors (Lipinski definition) is 1. The van der Waals surface area contributed by atoms with Crippen molar-refractivity contribution in [3.63, 3.8) is 0 Å². The molecule has 3 rings (SSSR count). The second kappa shape index (κ2) is 5.81. The summed E-state index contributed by atoms with van der Waals surface area (Å²) in [7, 11) is 0. The molecule has 1 heterocycles. The van der Waals surface area contributed by atoms with Gasteiger partial charge in [0.1, 0.15) is 0 Å². The Morgan fingerprint density at radius 2 is 2.16 bits per heavy atom. The molecule has 0 aromatic heterocycles. The minimum absolute atomic E-state index is 0.436. The van der Waals surface area contributed by atoms with E-state index in [-0.39, 0.29) is 0 Å². The molecule has 1 aromatic carbocycles. The number of nitrogens with zero attached hydrogens (tertiary/aromatic N) is 1. The lowest BCUT2D eigenvalue weighted by Crippen LogP contribution is -2.52. The molecule has 104 valence electrons. The number of anilines is 1. The topological polar surface area (TPSA) is 38.5 Å². The third kappa shape index (κ3) is 2.81. The van der Waals surface area contributed by atoms with Crippen molar-refractivity contribution in [3.8, 4) is 0 Å². The molecule has 2 aliphatic rings. The lowest BCUT2D eigenvalue weighted by molar-refractivity contribution is -0.0911. The van der Waals surface area contributed by atoms with Gasteiger partial charge >= 0.3 is 0 Å². The maximum Gasteiger partial charge on any atom is 0.0731 e.